The maximum absolute atomic E-state index is 13.3. The van der Waals surface area contributed by atoms with Gasteiger partial charge in [0.15, 0.2) is 5.82 Å². The summed E-state index contributed by atoms with van der Waals surface area (Å²) in [5, 5.41) is 5.00. The highest BCUT2D eigenvalue weighted by molar-refractivity contribution is 5.96. The molecule has 0 fully saturated rings. The molecule has 3 aromatic heterocycles. The number of benzene rings is 2. The average molecular weight is 468 g/mol. The monoisotopic (exact) mass is 467 g/mol. The molecule has 0 amide bonds. The lowest BCUT2D eigenvalue weighted by Crippen LogP contribution is -2.27. The van der Waals surface area contributed by atoms with E-state index in [1.54, 1.807) is 21.8 Å². The molecule has 3 heterocycles. The zero-order valence-electron chi connectivity index (χ0n) is 19.8. The molecule has 0 radical (unpaired) electrons. The van der Waals surface area contributed by atoms with Gasteiger partial charge in [-0.05, 0) is 56.7 Å². The van der Waals surface area contributed by atoms with Gasteiger partial charge in [-0.3, -0.25) is 0 Å². The zero-order chi connectivity index (χ0) is 24.4. The van der Waals surface area contributed by atoms with Crippen molar-refractivity contribution in [3.63, 3.8) is 0 Å². The number of carbonyl (C=O) groups excluding carboxylic acids is 1. The van der Waals surface area contributed by atoms with Gasteiger partial charge in [0.05, 0.1) is 11.2 Å². The van der Waals surface area contributed by atoms with Gasteiger partial charge in [-0.1, -0.05) is 30.3 Å². The quantitative estimate of drug-likeness (QED) is 0.332. The zero-order valence-corrected chi connectivity index (χ0v) is 19.8. The summed E-state index contributed by atoms with van der Waals surface area (Å²) in [6.45, 7) is 5.97. The van der Waals surface area contributed by atoms with Crippen LogP contribution in [0.15, 0.2) is 85.6 Å². The van der Waals surface area contributed by atoms with Crippen LogP contribution in [0.5, 0.6) is 5.75 Å². The molecule has 0 aliphatic rings. The van der Waals surface area contributed by atoms with Crippen LogP contribution >= 0.6 is 0 Å². The van der Waals surface area contributed by atoms with Crippen molar-refractivity contribution in [2.45, 2.75) is 33.0 Å². The summed E-state index contributed by atoms with van der Waals surface area (Å²) >= 11 is 0. The Labute approximate surface area is 202 Å². The van der Waals surface area contributed by atoms with Crippen molar-refractivity contribution >= 4 is 17.0 Å². The molecule has 0 saturated carbocycles. The minimum absolute atomic E-state index is 0.431. The molecule has 5 rings (SSSR count). The van der Waals surface area contributed by atoms with E-state index >= 15 is 0 Å². The van der Waals surface area contributed by atoms with Crippen LogP contribution in [0.2, 0.25) is 0 Å². The second-order valence-corrected chi connectivity index (χ2v) is 9.09. The SMILES string of the molecule is CC(C)(C)OC(=O)n1c(-c2ccc(-n3cncn3)nc2)cc2ccc(OCc3ccccc3)cc21. The molecular weight excluding hydrogens is 442 g/mol. The van der Waals surface area contributed by atoms with Crippen molar-refractivity contribution in [2.75, 3.05) is 0 Å². The second-order valence-electron chi connectivity index (χ2n) is 9.09. The van der Waals surface area contributed by atoms with Crippen LogP contribution in [0.3, 0.4) is 0 Å². The van der Waals surface area contributed by atoms with Gasteiger partial charge in [0.25, 0.3) is 0 Å². The first-order valence-electron chi connectivity index (χ1n) is 11.2. The molecule has 8 nitrogen and oxygen atoms in total. The summed E-state index contributed by atoms with van der Waals surface area (Å²) in [5.74, 6) is 1.29. The Balaban J connectivity index is 1.54. The fourth-order valence-electron chi connectivity index (χ4n) is 3.73. The summed E-state index contributed by atoms with van der Waals surface area (Å²) < 4.78 is 14.9. The number of rotatable bonds is 5. The first-order chi connectivity index (χ1) is 16.9. The van der Waals surface area contributed by atoms with E-state index in [0.29, 0.717) is 29.4 Å². The third-order valence-corrected chi connectivity index (χ3v) is 5.30. The molecule has 0 aliphatic heterocycles. The predicted octanol–water partition coefficient (Wildman–Crippen LogP) is 5.65. The van der Waals surface area contributed by atoms with E-state index in [1.165, 1.54) is 6.33 Å². The molecule has 5 aromatic rings. The fraction of sp³-hybridized carbons (Fsp3) is 0.185. The first-order valence-corrected chi connectivity index (χ1v) is 11.2. The highest BCUT2D eigenvalue weighted by Gasteiger charge is 2.23. The number of fused-ring (bicyclic) bond motifs is 1. The van der Waals surface area contributed by atoms with E-state index in [-0.39, 0.29) is 0 Å². The summed E-state index contributed by atoms with van der Waals surface area (Å²) in [7, 11) is 0. The van der Waals surface area contributed by atoms with Gasteiger partial charge in [0.1, 0.15) is 30.6 Å². The first kappa shape index (κ1) is 22.3. The van der Waals surface area contributed by atoms with Crippen molar-refractivity contribution in [1.82, 2.24) is 24.3 Å². The van der Waals surface area contributed by atoms with Crippen LogP contribution < -0.4 is 4.74 Å². The van der Waals surface area contributed by atoms with Gasteiger partial charge < -0.3 is 9.47 Å². The summed E-state index contributed by atoms with van der Waals surface area (Å²) in [5.41, 5.74) is 2.55. The van der Waals surface area contributed by atoms with Crippen LogP contribution in [-0.2, 0) is 11.3 Å². The largest absolute Gasteiger partial charge is 0.489 e. The minimum Gasteiger partial charge on any atom is -0.489 e. The van der Waals surface area contributed by atoms with Crippen LogP contribution in [0, 0.1) is 0 Å². The molecule has 0 unspecified atom stereocenters. The average Bonchev–Trinajstić information content (AvgIpc) is 3.50. The molecule has 0 saturated heterocycles. The van der Waals surface area contributed by atoms with Crippen LogP contribution in [0.4, 0.5) is 4.79 Å². The molecule has 176 valence electrons. The number of nitrogens with zero attached hydrogens (tertiary/aromatic N) is 5. The van der Waals surface area contributed by atoms with E-state index in [9.17, 15) is 4.79 Å². The van der Waals surface area contributed by atoms with Crippen LogP contribution in [0.1, 0.15) is 26.3 Å². The summed E-state index contributed by atoms with van der Waals surface area (Å²) in [4.78, 5) is 21.8. The van der Waals surface area contributed by atoms with Gasteiger partial charge >= 0.3 is 6.09 Å². The molecule has 0 atom stereocenters. The topological polar surface area (TPSA) is 84.1 Å². The molecule has 0 aliphatic carbocycles. The maximum atomic E-state index is 13.3. The van der Waals surface area contributed by atoms with Gasteiger partial charge in [-0.15, -0.1) is 0 Å². The number of hydrogen-bond donors (Lipinski definition) is 0. The number of carbonyl (C=O) groups is 1. The van der Waals surface area contributed by atoms with Crippen molar-refractivity contribution < 1.29 is 14.3 Å². The highest BCUT2D eigenvalue weighted by Crippen LogP contribution is 2.32. The highest BCUT2D eigenvalue weighted by atomic mass is 16.6. The molecule has 8 heteroatoms. The van der Waals surface area contributed by atoms with Crippen LogP contribution in [-0.4, -0.2) is 36.0 Å². The van der Waals surface area contributed by atoms with E-state index in [2.05, 4.69) is 15.1 Å². The van der Waals surface area contributed by atoms with Crippen molar-refractivity contribution in [1.29, 1.82) is 0 Å². The normalized spacial score (nSPS) is 11.5. The van der Waals surface area contributed by atoms with Crippen molar-refractivity contribution in [3.8, 4) is 22.8 Å². The molecule has 0 spiro atoms. The van der Waals surface area contributed by atoms with Gasteiger partial charge in [-0.2, -0.15) is 5.10 Å². The summed E-state index contributed by atoms with van der Waals surface area (Å²) in [6.07, 6.45) is 4.27. The molecule has 0 N–H and O–H groups in total. The second kappa shape index (κ2) is 9.06. The standard InChI is InChI=1S/C27H25N5O3/c1-27(2,3)35-26(33)32-23(21-10-12-25(29-15-21)31-18-28-17-30-31)13-20-9-11-22(14-24(20)32)34-16-19-7-5-4-6-8-19/h4-15,17-18H,16H2,1-3H3. The Morgan fingerprint density at radius 1 is 1.00 bits per heavy atom. The third-order valence-electron chi connectivity index (χ3n) is 5.30. The Morgan fingerprint density at radius 3 is 2.51 bits per heavy atom. The number of hydrogen-bond acceptors (Lipinski definition) is 6. The van der Waals surface area contributed by atoms with Crippen LogP contribution in [0.25, 0.3) is 28.0 Å². The smallest absolute Gasteiger partial charge is 0.419 e. The lowest BCUT2D eigenvalue weighted by Gasteiger charge is -2.21. The number of ether oxygens (including phenoxy) is 2. The van der Waals surface area contributed by atoms with E-state index in [0.717, 1.165) is 16.5 Å². The van der Waals surface area contributed by atoms with Gasteiger partial charge in [-0.25, -0.2) is 24.0 Å². The van der Waals surface area contributed by atoms with E-state index < -0.39 is 11.7 Å². The maximum Gasteiger partial charge on any atom is 0.419 e. The summed E-state index contributed by atoms with van der Waals surface area (Å²) in [6, 6.07) is 21.3. The molecular formula is C27H25N5O3. The van der Waals surface area contributed by atoms with Gasteiger partial charge in [0, 0.05) is 23.2 Å². The van der Waals surface area contributed by atoms with Gasteiger partial charge in [0.2, 0.25) is 0 Å². The van der Waals surface area contributed by atoms with E-state index in [4.69, 9.17) is 9.47 Å². The minimum atomic E-state index is -0.651. The predicted molar refractivity (Wildman–Crippen MR) is 132 cm³/mol. The third kappa shape index (κ3) is 4.91. The molecule has 35 heavy (non-hydrogen) atoms. The number of pyridine rings is 1. The van der Waals surface area contributed by atoms with E-state index in [1.807, 2.05) is 87.5 Å². The number of aromatic nitrogens is 5. The molecule has 0 bridgehead atoms. The lowest BCUT2D eigenvalue weighted by atomic mass is 10.2. The molecule has 2 aromatic carbocycles. The van der Waals surface area contributed by atoms with Crippen molar-refractivity contribution in [2.24, 2.45) is 0 Å². The fourth-order valence-corrected chi connectivity index (χ4v) is 3.73. The Morgan fingerprint density at radius 2 is 1.83 bits per heavy atom. The Kier molecular flexibility index (Phi) is 5.78. The lowest BCUT2D eigenvalue weighted by molar-refractivity contribution is 0.0547. The Bertz CT molecular complexity index is 1450. The Hall–Kier alpha value is -4.46. The van der Waals surface area contributed by atoms with Crippen molar-refractivity contribution in [3.05, 3.63) is 91.1 Å².